The third kappa shape index (κ3) is 4.22. The molecule has 1 aromatic heterocycles. The highest BCUT2D eigenvalue weighted by Gasteiger charge is 2.34. The molecule has 0 atom stereocenters. The van der Waals surface area contributed by atoms with Gasteiger partial charge in [-0.25, -0.2) is 0 Å². The number of hydrogen-bond donors (Lipinski definition) is 0. The van der Waals surface area contributed by atoms with Crippen LogP contribution in [0.3, 0.4) is 0 Å². The van der Waals surface area contributed by atoms with Gasteiger partial charge in [0.1, 0.15) is 11.5 Å². The lowest BCUT2D eigenvalue weighted by molar-refractivity contribution is -0.122. The molecule has 1 aliphatic rings. The zero-order valence-electron chi connectivity index (χ0n) is 16.1. The smallest absolute Gasteiger partial charge is 0.293 e. The molecule has 3 aromatic rings. The van der Waals surface area contributed by atoms with E-state index >= 15 is 0 Å². The monoisotopic (exact) mass is 414 g/mol. The maximum Gasteiger partial charge on any atom is 0.293 e. The van der Waals surface area contributed by atoms with Crippen molar-refractivity contribution in [2.75, 3.05) is 6.54 Å². The molecule has 0 aliphatic carbocycles. The van der Waals surface area contributed by atoms with E-state index in [4.69, 9.17) is 4.42 Å². The summed E-state index contributed by atoms with van der Waals surface area (Å²) < 4.78 is 5.81. The number of hydrogen-bond acceptors (Lipinski definition) is 5. The first-order valence-corrected chi connectivity index (χ1v) is 10.4. The van der Waals surface area contributed by atoms with E-state index in [9.17, 15) is 14.9 Å². The van der Waals surface area contributed by atoms with Crippen LogP contribution in [-0.4, -0.2) is 22.6 Å². The van der Waals surface area contributed by atoms with Crippen molar-refractivity contribution in [1.82, 2.24) is 4.90 Å². The van der Waals surface area contributed by atoms with Gasteiger partial charge < -0.3 is 4.42 Å². The molecular formula is C24H18N2O3S. The van der Waals surface area contributed by atoms with Gasteiger partial charge in [-0.1, -0.05) is 42.5 Å². The summed E-state index contributed by atoms with van der Waals surface area (Å²) in [4.78, 5) is 26.6. The molecule has 1 saturated heterocycles. The van der Waals surface area contributed by atoms with Crippen molar-refractivity contribution in [3.63, 3.8) is 0 Å². The molecule has 1 aliphatic heterocycles. The average Bonchev–Trinajstić information content (AvgIpc) is 3.34. The van der Waals surface area contributed by atoms with E-state index < -0.39 is 0 Å². The Morgan fingerprint density at radius 1 is 1.00 bits per heavy atom. The van der Waals surface area contributed by atoms with Gasteiger partial charge in [0, 0.05) is 18.2 Å². The number of aryl methyl sites for hydroxylation is 1. The van der Waals surface area contributed by atoms with Crippen molar-refractivity contribution in [3.05, 3.63) is 88.5 Å². The van der Waals surface area contributed by atoms with Crippen LogP contribution in [-0.2, 0) is 11.2 Å². The molecule has 5 nitrogen and oxygen atoms in total. The second kappa shape index (κ2) is 8.85. The minimum atomic E-state index is -0.298. The molecule has 0 bridgehead atoms. The highest BCUT2D eigenvalue weighted by Crippen LogP contribution is 2.34. The van der Waals surface area contributed by atoms with Crippen molar-refractivity contribution in [2.45, 2.75) is 12.8 Å². The molecule has 4 rings (SSSR count). The topological polar surface area (TPSA) is 74.3 Å². The molecule has 0 saturated carbocycles. The molecule has 0 spiro atoms. The van der Waals surface area contributed by atoms with Gasteiger partial charge in [0.15, 0.2) is 0 Å². The molecule has 2 amide bonds. The van der Waals surface area contributed by atoms with E-state index in [1.54, 1.807) is 30.3 Å². The molecule has 0 unspecified atom stereocenters. The second-order valence-corrected chi connectivity index (χ2v) is 7.78. The predicted octanol–water partition coefficient (Wildman–Crippen LogP) is 5.49. The zero-order valence-corrected chi connectivity index (χ0v) is 16.9. The van der Waals surface area contributed by atoms with Gasteiger partial charge in [0.05, 0.1) is 16.5 Å². The summed E-state index contributed by atoms with van der Waals surface area (Å²) in [6, 6.07) is 22.8. The Labute approximate surface area is 178 Å². The quantitative estimate of drug-likeness (QED) is 0.499. The summed E-state index contributed by atoms with van der Waals surface area (Å²) in [5.41, 5.74) is 2.38. The Bertz CT molecular complexity index is 1160. The van der Waals surface area contributed by atoms with Gasteiger partial charge >= 0.3 is 0 Å². The first-order chi connectivity index (χ1) is 14.7. The molecule has 2 heterocycles. The first kappa shape index (κ1) is 19.7. The lowest BCUT2D eigenvalue weighted by Crippen LogP contribution is -2.29. The number of amides is 2. The van der Waals surface area contributed by atoms with Crippen molar-refractivity contribution in [1.29, 1.82) is 5.26 Å². The van der Waals surface area contributed by atoms with E-state index in [1.807, 2.05) is 42.5 Å². The van der Waals surface area contributed by atoms with Crippen LogP contribution >= 0.6 is 11.8 Å². The molecule has 148 valence electrons. The molecular weight excluding hydrogens is 396 g/mol. The highest BCUT2D eigenvalue weighted by molar-refractivity contribution is 8.18. The Kier molecular flexibility index (Phi) is 5.82. The number of rotatable bonds is 6. The van der Waals surface area contributed by atoms with Crippen molar-refractivity contribution < 1.29 is 14.0 Å². The van der Waals surface area contributed by atoms with Crippen LogP contribution in [0.2, 0.25) is 0 Å². The third-order valence-electron chi connectivity index (χ3n) is 4.78. The van der Waals surface area contributed by atoms with Crippen LogP contribution in [0, 0.1) is 11.3 Å². The zero-order chi connectivity index (χ0) is 20.9. The van der Waals surface area contributed by atoms with Crippen molar-refractivity contribution in [2.24, 2.45) is 0 Å². The number of imide groups is 1. The molecule has 0 N–H and O–H groups in total. The molecule has 1 fully saturated rings. The molecule has 6 heteroatoms. The SMILES string of the molecule is N#Cc1ccccc1-c1ccc(/C=C2/SC(=O)N(CCCc3ccccc3)C2=O)o1. The molecule has 0 radical (unpaired) electrons. The van der Waals surface area contributed by atoms with Gasteiger partial charge in [0.2, 0.25) is 0 Å². The fourth-order valence-corrected chi connectivity index (χ4v) is 4.12. The number of nitrogens with zero attached hydrogens (tertiary/aromatic N) is 2. The highest BCUT2D eigenvalue weighted by atomic mass is 32.2. The number of carbonyl (C=O) groups excluding carboxylic acids is 2. The van der Waals surface area contributed by atoms with Crippen molar-refractivity contribution >= 4 is 29.0 Å². The van der Waals surface area contributed by atoms with E-state index in [1.165, 1.54) is 10.5 Å². The summed E-state index contributed by atoms with van der Waals surface area (Å²) in [7, 11) is 0. The van der Waals surface area contributed by atoms with Gasteiger partial charge in [0.25, 0.3) is 11.1 Å². The third-order valence-corrected chi connectivity index (χ3v) is 5.68. The Morgan fingerprint density at radius 2 is 1.77 bits per heavy atom. The number of benzene rings is 2. The van der Waals surface area contributed by atoms with Crippen molar-refractivity contribution in [3.8, 4) is 17.4 Å². The van der Waals surface area contributed by atoms with E-state index in [2.05, 4.69) is 6.07 Å². The van der Waals surface area contributed by atoms with E-state index in [0.29, 0.717) is 40.5 Å². The van der Waals surface area contributed by atoms with Crippen LogP contribution in [0.4, 0.5) is 4.79 Å². The Balaban J connectivity index is 1.45. The molecule has 2 aromatic carbocycles. The van der Waals surface area contributed by atoms with Crippen LogP contribution in [0.1, 0.15) is 23.3 Å². The van der Waals surface area contributed by atoms with E-state index in [0.717, 1.165) is 18.2 Å². The van der Waals surface area contributed by atoms with Gasteiger partial charge in [-0.3, -0.25) is 14.5 Å². The minimum Gasteiger partial charge on any atom is -0.457 e. The summed E-state index contributed by atoms with van der Waals surface area (Å²) in [6.45, 7) is 0.385. The first-order valence-electron chi connectivity index (χ1n) is 9.54. The minimum absolute atomic E-state index is 0.263. The summed E-state index contributed by atoms with van der Waals surface area (Å²) in [6.07, 6.45) is 3.10. The van der Waals surface area contributed by atoms with Gasteiger partial charge in [-0.05, 0) is 54.4 Å². The average molecular weight is 414 g/mol. The number of thioether (sulfide) groups is 1. The van der Waals surface area contributed by atoms with Crippen LogP contribution in [0.25, 0.3) is 17.4 Å². The standard InChI is InChI=1S/C24H18N2O3S/c25-16-18-10-4-5-11-20(18)21-13-12-19(29-21)15-22-23(27)26(24(28)30-22)14-6-9-17-7-2-1-3-8-17/h1-5,7-8,10-13,15H,6,9,14H2/b22-15+. The second-order valence-electron chi connectivity index (χ2n) is 6.78. The largest absolute Gasteiger partial charge is 0.457 e. The van der Waals surface area contributed by atoms with Gasteiger partial charge in [-0.2, -0.15) is 5.26 Å². The number of furan rings is 1. The fourth-order valence-electron chi connectivity index (χ4n) is 3.28. The summed E-state index contributed by atoms with van der Waals surface area (Å²) in [5, 5.41) is 9.00. The normalized spacial score (nSPS) is 15.0. The van der Waals surface area contributed by atoms with Crippen LogP contribution in [0.15, 0.2) is 76.1 Å². The maximum atomic E-state index is 12.7. The Hall–Kier alpha value is -3.56. The number of carbonyl (C=O) groups is 2. The predicted molar refractivity (Wildman–Crippen MR) is 116 cm³/mol. The lowest BCUT2D eigenvalue weighted by Gasteiger charge is -2.11. The Morgan fingerprint density at radius 3 is 2.57 bits per heavy atom. The lowest BCUT2D eigenvalue weighted by atomic mass is 10.1. The molecule has 30 heavy (non-hydrogen) atoms. The maximum absolute atomic E-state index is 12.7. The van der Waals surface area contributed by atoms with Crippen LogP contribution < -0.4 is 0 Å². The summed E-state index contributed by atoms with van der Waals surface area (Å²) in [5.74, 6) is 0.710. The summed E-state index contributed by atoms with van der Waals surface area (Å²) >= 11 is 0.922. The van der Waals surface area contributed by atoms with Crippen LogP contribution in [0.5, 0.6) is 0 Å². The fraction of sp³-hybridized carbons (Fsp3) is 0.125. The van der Waals surface area contributed by atoms with Gasteiger partial charge in [-0.15, -0.1) is 0 Å². The number of nitriles is 1. The van der Waals surface area contributed by atoms with E-state index in [-0.39, 0.29) is 11.1 Å².